The largest absolute Gasteiger partial charge is 0.493 e. The van der Waals surface area contributed by atoms with Crippen molar-refractivity contribution in [2.45, 2.75) is 13.5 Å². The Bertz CT molecular complexity index is 1360. The molecule has 178 valence electrons. The molecule has 2 amide bonds. The van der Waals surface area contributed by atoms with Gasteiger partial charge in [-0.15, -0.1) is 0 Å². The van der Waals surface area contributed by atoms with Crippen molar-refractivity contribution in [2.75, 3.05) is 12.0 Å². The molecule has 1 aliphatic heterocycles. The third kappa shape index (κ3) is 5.26. The Kier molecular flexibility index (Phi) is 7.28. The van der Waals surface area contributed by atoms with E-state index in [1.807, 2.05) is 31.2 Å². The minimum Gasteiger partial charge on any atom is -0.493 e. The molecule has 0 spiro atoms. The number of ether oxygens (including phenoxy) is 2. The third-order valence-corrected chi connectivity index (χ3v) is 6.14. The lowest BCUT2D eigenvalue weighted by molar-refractivity contribution is -0.122. The number of anilines is 1. The number of methoxy groups -OCH3 is 1. The van der Waals surface area contributed by atoms with Gasteiger partial charge in [0.2, 0.25) is 0 Å². The average molecular weight is 555 g/mol. The lowest BCUT2D eigenvalue weighted by Gasteiger charge is -2.29. The highest BCUT2D eigenvalue weighted by Gasteiger charge is 2.35. The molecule has 1 aliphatic rings. The smallest absolute Gasteiger partial charge is 0.270 e. The Balaban J connectivity index is 1.64. The summed E-state index contributed by atoms with van der Waals surface area (Å²) in [4.78, 5) is 26.7. The molecule has 0 aromatic heterocycles. The number of para-hydroxylation sites is 1. The van der Waals surface area contributed by atoms with Crippen molar-refractivity contribution < 1.29 is 23.5 Å². The summed E-state index contributed by atoms with van der Waals surface area (Å²) in [6.45, 7) is 2.34. The van der Waals surface area contributed by atoms with Crippen LogP contribution in [0.25, 0.3) is 6.08 Å². The van der Waals surface area contributed by atoms with Gasteiger partial charge in [0.15, 0.2) is 16.6 Å². The van der Waals surface area contributed by atoms with Gasteiger partial charge in [-0.25, -0.2) is 9.29 Å². The Morgan fingerprint density at radius 3 is 2.51 bits per heavy atom. The fourth-order valence-corrected chi connectivity index (χ4v) is 4.33. The number of aryl methyl sites for hydroxylation is 1. The van der Waals surface area contributed by atoms with Crippen molar-refractivity contribution in [3.05, 3.63) is 93.2 Å². The monoisotopic (exact) mass is 554 g/mol. The van der Waals surface area contributed by atoms with E-state index in [1.165, 1.54) is 31.4 Å². The van der Waals surface area contributed by atoms with E-state index in [1.54, 1.807) is 18.2 Å². The van der Waals surface area contributed by atoms with Gasteiger partial charge in [-0.05, 0) is 76.5 Å². The fourth-order valence-electron chi connectivity index (χ4n) is 3.48. The van der Waals surface area contributed by atoms with Crippen molar-refractivity contribution in [2.24, 2.45) is 0 Å². The van der Waals surface area contributed by atoms with Gasteiger partial charge in [-0.2, -0.15) is 0 Å². The molecule has 6 nitrogen and oxygen atoms in total. The second kappa shape index (κ2) is 10.4. The van der Waals surface area contributed by atoms with Gasteiger partial charge >= 0.3 is 0 Å². The summed E-state index contributed by atoms with van der Waals surface area (Å²) < 4.78 is 26.4. The Morgan fingerprint density at radius 1 is 1.11 bits per heavy atom. The molecule has 1 fully saturated rings. The molecule has 1 saturated heterocycles. The quantitative estimate of drug-likeness (QED) is 0.254. The summed E-state index contributed by atoms with van der Waals surface area (Å²) in [5, 5.41) is 2.25. The van der Waals surface area contributed by atoms with Crippen LogP contribution in [-0.4, -0.2) is 24.0 Å². The maximum absolute atomic E-state index is 14.4. The van der Waals surface area contributed by atoms with Gasteiger partial charge in [0.05, 0.1) is 17.3 Å². The van der Waals surface area contributed by atoms with E-state index in [2.05, 4.69) is 21.2 Å². The number of benzene rings is 3. The molecule has 0 unspecified atom stereocenters. The molecule has 9 heteroatoms. The van der Waals surface area contributed by atoms with Crippen LogP contribution in [-0.2, 0) is 16.2 Å². The molecule has 4 rings (SSSR count). The number of rotatable bonds is 6. The zero-order valence-corrected chi connectivity index (χ0v) is 21.2. The van der Waals surface area contributed by atoms with Gasteiger partial charge in [0.1, 0.15) is 18.0 Å². The van der Waals surface area contributed by atoms with E-state index in [9.17, 15) is 14.0 Å². The van der Waals surface area contributed by atoms with Gasteiger partial charge in [-0.3, -0.25) is 14.9 Å². The van der Waals surface area contributed by atoms with E-state index in [0.717, 1.165) is 16.0 Å². The maximum Gasteiger partial charge on any atom is 0.270 e. The number of nitrogens with one attached hydrogen (secondary N) is 1. The first kappa shape index (κ1) is 24.6. The van der Waals surface area contributed by atoms with Crippen LogP contribution in [0.1, 0.15) is 16.7 Å². The summed E-state index contributed by atoms with van der Waals surface area (Å²) in [6.07, 6.45) is 1.39. The lowest BCUT2D eigenvalue weighted by atomic mass is 10.1. The standard InChI is InChI=1S/C26H20BrFN2O4S/c1-15-7-9-16(10-8-15)14-34-23-19(27)12-17(13-22(23)33-2)11-18-24(31)29-26(35)30(25(18)32)21-6-4-3-5-20(21)28/h3-13H,14H2,1-2H3,(H,29,31,35)/b18-11+. The fraction of sp³-hybridized carbons (Fsp3) is 0.115. The van der Waals surface area contributed by atoms with E-state index >= 15 is 0 Å². The van der Waals surface area contributed by atoms with Crippen LogP contribution in [0.2, 0.25) is 0 Å². The SMILES string of the molecule is COc1cc(/C=C2\C(=O)NC(=S)N(c3ccccc3F)C2=O)cc(Br)c1OCc1ccc(C)cc1. The normalized spacial score (nSPS) is 14.8. The number of halogens is 2. The third-order valence-electron chi connectivity index (χ3n) is 5.26. The minimum absolute atomic E-state index is 0.0491. The predicted octanol–water partition coefficient (Wildman–Crippen LogP) is 5.32. The number of amides is 2. The summed E-state index contributed by atoms with van der Waals surface area (Å²) in [5.41, 5.74) is 2.39. The predicted molar refractivity (Wildman–Crippen MR) is 139 cm³/mol. The van der Waals surface area contributed by atoms with E-state index < -0.39 is 17.6 Å². The minimum atomic E-state index is -0.737. The molecule has 0 aliphatic carbocycles. The Morgan fingerprint density at radius 2 is 1.83 bits per heavy atom. The lowest BCUT2D eigenvalue weighted by Crippen LogP contribution is -2.54. The van der Waals surface area contributed by atoms with Crippen molar-refractivity contribution in [3.8, 4) is 11.5 Å². The molecule has 0 atom stereocenters. The number of thiocarbonyl (C=S) groups is 1. The van der Waals surface area contributed by atoms with Gasteiger partial charge in [-0.1, -0.05) is 42.0 Å². The van der Waals surface area contributed by atoms with Crippen LogP contribution in [0.3, 0.4) is 0 Å². The molecular weight excluding hydrogens is 535 g/mol. The summed E-state index contributed by atoms with van der Waals surface area (Å²) >= 11 is 8.62. The molecule has 0 saturated carbocycles. The molecule has 3 aromatic carbocycles. The first-order chi connectivity index (χ1) is 16.8. The van der Waals surface area contributed by atoms with Crippen LogP contribution >= 0.6 is 28.1 Å². The van der Waals surface area contributed by atoms with Crippen LogP contribution < -0.4 is 19.7 Å². The number of hydrogen-bond acceptors (Lipinski definition) is 5. The van der Waals surface area contributed by atoms with Crippen molar-refractivity contribution >= 4 is 56.8 Å². The van der Waals surface area contributed by atoms with Crippen LogP contribution in [0.5, 0.6) is 11.5 Å². The first-order valence-corrected chi connectivity index (χ1v) is 11.7. The molecule has 1 heterocycles. The van der Waals surface area contributed by atoms with Gasteiger partial charge < -0.3 is 9.47 Å². The molecule has 1 N–H and O–H groups in total. The molecule has 3 aromatic rings. The van der Waals surface area contributed by atoms with Gasteiger partial charge in [0.25, 0.3) is 11.8 Å². The van der Waals surface area contributed by atoms with Crippen LogP contribution in [0.4, 0.5) is 10.1 Å². The van der Waals surface area contributed by atoms with Crippen LogP contribution in [0.15, 0.2) is 70.7 Å². The summed E-state index contributed by atoms with van der Waals surface area (Å²) in [6, 6.07) is 17.0. The number of carbonyl (C=O) groups excluding carboxylic acids is 2. The highest BCUT2D eigenvalue weighted by atomic mass is 79.9. The number of nitrogens with zero attached hydrogens (tertiary/aromatic N) is 1. The van der Waals surface area contributed by atoms with Crippen molar-refractivity contribution in [1.29, 1.82) is 0 Å². The maximum atomic E-state index is 14.4. The first-order valence-electron chi connectivity index (χ1n) is 10.5. The Hall–Kier alpha value is -3.56. The van der Waals surface area contributed by atoms with Crippen LogP contribution in [0, 0.1) is 12.7 Å². The highest BCUT2D eigenvalue weighted by Crippen LogP contribution is 2.38. The zero-order chi connectivity index (χ0) is 25.1. The van der Waals surface area contributed by atoms with Crippen molar-refractivity contribution in [3.63, 3.8) is 0 Å². The Labute approximate surface area is 215 Å². The molecule has 0 bridgehead atoms. The summed E-state index contributed by atoms with van der Waals surface area (Å²) in [5.74, 6) is -1.17. The molecular formula is C26H20BrFN2O4S. The number of hydrogen-bond donors (Lipinski definition) is 1. The number of carbonyl (C=O) groups is 2. The molecule has 35 heavy (non-hydrogen) atoms. The highest BCUT2D eigenvalue weighted by molar-refractivity contribution is 9.10. The zero-order valence-electron chi connectivity index (χ0n) is 18.8. The van der Waals surface area contributed by atoms with E-state index in [-0.39, 0.29) is 16.4 Å². The van der Waals surface area contributed by atoms with Gasteiger partial charge in [0, 0.05) is 0 Å². The molecule has 0 radical (unpaired) electrons. The topological polar surface area (TPSA) is 67.9 Å². The van der Waals surface area contributed by atoms with E-state index in [4.69, 9.17) is 21.7 Å². The van der Waals surface area contributed by atoms with Crippen molar-refractivity contribution in [1.82, 2.24) is 5.32 Å². The second-order valence-electron chi connectivity index (χ2n) is 7.72. The average Bonchev–Trinajstić information content (AvgIpc) is 2.83. The second-order valence-corrected chi connectivity index (χ2v) is 8.96. The van der Waals surface area contributed by atoms with E-state index in [0.29, 0.717) is 28.1 Å². The summed E-state index contributed by atoms with van der Waals surface area (Å²) in [7, 11) is 1.49.